The number of aryl methyl sites for hydroxylation is 1. The van der Waals surface area contributed by atoms with E-state index in [-0.39, 0.29) is 16.3 Å². The minimum absolute atomic E-state index is 0.191. The van der Waals surface area contributed by atoms with Crippen molar-refractivity contribution in [1.82, 2.24) is 4.72 Å². The topological polar surface area (TPSA) is 80.3 Å². The Morgan fingerprint density at radius 3 is 2.04 bits per heavy atom. The van der Waals surface area contributed by atoms with Gasteiger partial charge in [0.2, 0.25) is 10.0 Å². The van der Waals surface area contributed by atoms with Gasteiger partial charge in [-0.1, -0.05) is 36.4 Å². The fraction of sp³-hybridized carbons (Fsp3) is 0.250. The molecule has 0 heterocycles. The van der Waals surface area contributed by atoms with Crippen molar-refractivity contribution in [3.63, 3.8) is 0 Å². The van der Waals surface area contributed by atoms with Gasteiger partial charge in [0.1, 0.15) is 4.90 Å². The van der Waals surface area contributed by atoms with Gasteiger partial charge >= 0.3 is 0 Å². The van der Waals surface area contributed by atoms with E-state index in [1.807, 2.05) is 31.2 Å². The highest BCUT2D eigenvalue weighted by Gasteiger charge is 2.22. The Kier molecular flexibility index (Phi) is 5.23. The highest BCUT2D eigenvalue weighted by Crippen LogP contribution is 2.20. The molecule has 124 valence electrons. The van der Waals surface area contributed by atoms with Crippen LogP contribution in [0.25, 0.3) is 0 Å². The molecule has 0 amide bonds. The van der Waals surface area contributed by atoms with Gasteiger partial charge in [-0.2, -0.15) is 0 Å². The van der Waals surface area contributed by atoms with E-state index < -0.39 is 19.9 Å². The molecule has 5 nitrogen and oxygen atoms in total. The smallest absolute Gasteiger partial charge is 0.224 e. The first-order valence-corrected chi connectivity index (χ1v) is 10.4. The Balaban J connectivity index is 2.19. The fourth-order valence-corrected chi connectivity index (χ4v) is 4.93. The van der Waals surface area contributed by atoms with E-state index in [1.54, 1.807) is 0 Å². The summed E-state index contributed by atoms with van der Waals surface area (Å²) < 4.78 is 50.8. The van der Waals surface area contributed by atoms with Crippen molar-refractivity contribution in [3.8, 4) is 0 Å². The van der Waals surface area contributed by atoms with Crippen molar-refractivity contribution < 1.29 is 16.8 Å². The van der Waals surface area contributed by atoms with E-state index in [1.165, 1.54) is 24.3 Å². The summed E-state index contributed by atoms with van der Waals surface area (Å²) in [5, 5.41) is 0. The number of sulfone groups is 1. The van der Waals surface area contributed by atoms with E-state index in [2.05, 4.69) is 4.72 Å². The standard InChI is InChI=1S/C16H19NO4S2/c1-13-7-3-4-8-14(13)11-12-17-23(20,21)16-10-6-5-9-15(16)22(2,18)19/h3-10,17H,11-12H2,1-2H3. The molecule has 7 heteroatoms. The van der Waals surface area contributed by atoms with Gasteiger partial charge < -0.3 is 0 Å². The van der Waals surface area contributed by atoms with E-state index >= 15 is 0 Å². The van der Waals surface area contributed by atoms with Gasteiger partial charge in [-0.15, -0.1) is 0 Å². The largest absolute Gasteiger partial charge is 0.241 e. The van der Waals surface area contributed by atoms with Gasteiger partial charge in [0.05, 0.1) is 4.90 Å². The zero-order valence-electron chi connectivity index (χ0n) is 13.0. The first kappa shape index (κ1) is 17.7. The van der Waals surface area contributed by atoms with Crippen LogP contribution in [0, 0.1) is 6.92 Å². The van der Waals surface area contributed by atoms with Crippen molar-refractivity contribution in [2.45, 2.75) is 23.1 Å². The van der Waals surface area contributed by atoms with Crippen LogP contribution < -0.4 is 4.72 Å². The van der Waals surface area contributed by atoms with Crippen LogP contribution in [0.3, 0.4) is 0 Å². The molecule has 0 aromatic heterocycles. The molecular formula is C16H19NO4S2. The first-order valence-electron chi connectivity index (χ1n) is 7.05. The quantitative estimate of drug-likeness (QED) is 0.860. The van der Waals surface area contributed by atoms with Crippen LogP contribution in [0.15, 0.2) is 58.3 Å². The molecule has 2 aromatic carbocycles. The molecule has 0 aliphatic carbocycles. The second kappa shape index (κ2) is 6.82. The van der Waals surface area contributed by atoms with Crippen molar-refractivity contribution in [2.75, 3.05) is 12.8 Å². The molecule has 0 atom stereocenters. The second-order valence-corrected chi connectivity index (χ2v) is 9.01. The lowest BCUT2D eigenvalue weighted by Crippen LogP contribution is -2.27. The number of rotatable bonds is 6. The predicted octanol–water partition coefficient (Wildman–Crippen LogP) is 1.92. The van der Waals surface area contributed by atoms with Crippen LogP contribution in [0.5, 0.6) is 0 Å². The number of benzene rings is 2. The Morgan fingerprint density at radius 1 is 0.870 bits per heavy atom. The minimum Gasteiger partial charge on any atom is -0.224 e. The van der Waals surface area contributed by atoms with E-state index in [4.69, 9.17) is 0 Å². The molecule has 0 radical (unpaired) electrons. The van der Waals surface area contributed by atoms with E-state index in [0.717, 1.165) is 17.4 Å². The Labute approximate surface area is 137 Å². The Bertz CT molecular complexity index is 903. The molecule has 0 saturated heterocycles. The summed E-state index contributed by atoms with van der Waals surface area (Å²) in [6, 6.07) is 13.3. The predicted molar refractivity (Wildman–Crippen MR) is 89.6 cm³/mol. The van der Waals surface area contributed by atoms with Crippen LogP contribution in [0.1, 0.15) is 11.1 Å². The molecule has 2 aromatic rings. The first-order chi connectivity index (χ1) is 10.7. The average molecular weight is 353 g/mol. The molecule has 0 aliphatic rings. The third-order valence-electron chi connectivity index (χ3n) is 3.49. The summed E-state index contributed by atoms with van der Waals surface area (Å²) in [6.45, 7) is 2.16. The SMILES string of the molecule is Cc1ccccc1CCNS(=O)(=O)c1ccccc1S(C)(=O)=O. The third-order valence-corrected chi connectivity index (χ3v) is 6.29. The second-order valence-electron chi connectivity index (χ2n) is 5.29. The monoisotopic (exact) mass is 353 g/mol. The molecule has 0 fully saturated rings. The third kappa shape index (κ3) is 4.40. The summed E-state index contributed by atoms with van der Waals surface area (Å²) in [7, 11) is -7.51. The number of hydrogen-bond acceptors (Lipinski definition) is 4. The molecular weight excluding hydrogens is 334 g/mol. The maximum atomic E-state index is 12.4. The van der Waals surface area contributed by atoms with Gasteiger partial charge in [0, 0.05) is 12.8 Å². The van der Waals surface area contributed by atoms with Crippen LogP contribution in [-0.2, 0) is 26.3 Å². The van der Waals surface area contributed by atoms with Gasteiger partial charge in [-0.05, 0) is 36.6 Å². The molecule has 23 heavy (non-hydrogen) atoms. The van der Waals surface area contributed by atoms with Crippen molar-refractivity contribution >= 4 is 19.9 Å². The highest BCUT2D eigenvalue weighted by atomic mass is 32.2. The summed E-state index contributed by atoms with van der Waals surface area (Å²) in [5.41, 5.74) is 2.13. The Morgan fingerprint density at radius 2 is 1.43 bits per heavy atom. The van der Waals surface area contributed by atoms with Crippen molar-refractivity contribution in [3.05, 3.63) is 59.7 Å². The molecule has 0 bridgehead atoms. The highest BCUT2D eigenvalue weighted by molar-refractivity contribution is 7.93. The van der Waals surface area contributed by atoms with Gasteiger partial charge in [-0.25, -0.2) is 21.6 Å². The summed E-state index contributed by atoms with van der Waals surface area (Å²) in [6.07, 6.45) is 1.53. The molecule has 0 unspecified atom stereocenters. The van der Waals surface area contributed by atoms with Gasteiger partial charge in [0.25, 0.3) is 0 Å². The lowest BCUT2D eigenvalue weighted by molar-refractivity contribution is 0.574. The molecule has 1 N–H and O–H groups in total. The average Bonchev–Trinajstić information content (AvgIpc) is 2.48. The number of hydrogen-bond donors (Lipinski definition) is 1. The normalized spacial score (nSPS) is 12.3. The maximum Gasteiger partial charge on any atom is 0.241 e. The summed E-state index contributed by atoms with van der Waals surface area (Å²) >= 11 is 0. The van der Waals surface area contributed by atoms with Crippen LogP contribution >= 0.6 is 0 Å². The zero-order chi connectivity index (χ0) is 17.1. The van der Waals surface area contributed by atoms with Crippen LogP contribution in [-0.4, -0.2) is 29.6 Å². The van der Waals surface area contributed by atoms with Gasteiger partial charge in [0.15, 0.2) is 9.84 Å². The Hall–Kier alpha value is -1.70. The number of sulfonamides is 1. The van der Waals surface area contributed by atoms with E-state index in [0.29, 0.717) is 6.42 Å². The fourth-order valence-electron chi connectivity index (χ4n) is 2.27. The van der Waals surface area contributed by atoms with Crippen LogP contribution in [0.4, 0.5) is 0 Å². The van der Waals surface area contributed by atoms with Gasteiger partial charge in [-0.3, -0.25) is 0 Å². The summed E-state index contributed by atoms with van der Waals surface area (Å²) in [4.78, 5) is -0.407. The lowest BCUT2D eigenvalue weighted by Gasteiger charge is -2.11. The molecule has 0 spiro atoms. The minimum atomic E-state index is -3.89. The van der Waals surface area contributed by atoms with Crippen LogP contribution in [0.2, 0.25) is 0 Å². The lowest BCUT2D eigenvalue weighted by atomic mass is 10.1. The molecule has 0 aliphatic heterocycles. The summed E-state index contributed by atoms with van der Waals surface area (Å²) in [5.74, 6) is 0. The molecule has 2 rings (SSSR count). The van der Waals surface area contributed by atoms with E-state index in [9.17, 15) is 16.8 Å². The van der Waals surface area contributed by atoms with Crippen molar-refractivity contribution in [1.29, 1.82) is 0 Å². The number of nitrogens with one attached hydrogen (secondary N) is 1. The molecule has 0 saturated carbocycles. The maximum absolute atomic E-state index is 12.4. The van der Waals surface area contributed by atoms with Crippen molar-refractivity contribution in [2.24, 2.45) is 0 Å². The zero-order valence-corrected chi connectivity index (χ0v) is 14.6.